The van der Waals surface area contributed by atoms with E-state index in [4.69, 9.17) is 5.11 Å². The van der Waals surface area contributed by atoms with Crippen LogP contribution in [0.15, 0.2) is 5.38 Å². The number of rotatable bonds is 5. The summed E-state index contributed by atoms with van der Waals surface area (Å²) in [6, 6.07) is 0.0970. The van der Waals surface area contributed by atoms with E-state index in [0.29, 0.717) is 13.0 Å². The van der Waals surface area contributed by atoms with E-state index in [1.165, 1.54) is 22.5 Å². The van der Waals surface area contributed by atoms with Crippen molar-refractivity contribution in [1.29, 1.82) is 0 Å². The molecule has 1 atom stereocenters. The van der Waals surface area contributed by atoms with Gasteiger partial charge in [0, 0.05) is 30.1 Å². The Balaban J connectivity index is 1.66. The number of thioether (sulfide) groups is 1. The van der Waals surface area contributed by atoms with Gasteiger partial charge in [-0.1, -0.05) is 0 Å². The second kappa shape index (κ2) is 7.49. The summed E-state index contributed by atoms with van der Waals surface area (Å²) in [7, 11) is 0. The van der Waals surface area contributed by atoms with E-state index in [1.807, 2.05) is 11.8 Å². The van der Waals surface area contributed by atoms with E-state index in [9.17, 15) is 9.59 Å². The Morgan fingerprint density at radius 3 is 3.00 bits per heavy atom. The Kier molecular flexibility index (Phi) is 5.66. The first kappa shape index (κ1) is 15.1. The van der Waals surface area contributed by atoms with Gasteiger partial charge in [0.15, 0.2) is 5.69 Å². The first-order chi connectivity index (χ1) is 9.65. The van der Waals surface area contributed by atoms with E-state index in [1.54, 1.807) is 0 Å². The molecule has 1 unspecified atom stereocenters. The van der Waals surface area contributed by atoms with Gasteiger partial charge in [0.2, 0.25) is 0 Å². The van der Waals surface area contributed by atoms with Gasteiger partial charge in [-0.05, 0) is 18.6 Å². The van der Waals surface area contributed by atoms with Crippen LogP contribution in [-0.4, -0.2) is 46.2 Å². The quantitative estimate of drug-likeness (QED) is 0.767. The Morgan fingerprint density at radius 1 is 1.50 bits per heavy atom. The molecule has 1 aliphatic heterocycles. The van der Waals surface area contributed by atoms with Gasteiger partial charge in [0.05, 0.1) is 5.01 Å². The highest BCUT2D eigenvalue weighted by Gasteiger charge is 2.15. The van der Waals surface area contributed by atoms with Crippen LogP contribution in [0, 0.1) is 0 Å². The normalized spacial score (nSPS) is 18.5. The molecule has 20 heavy (non-hydrogen) atoms. The number of carboxylic acid groups (broad SMARTS) is 1. The van der Waals surface area contributed by atoms with Crippen molar-refractivity contribution in [2.45, 2.75) is 25.3 Å². The number of amides is 2. The standard InChI is InChI=1S/C12H17N3O3S2/c16-11(17)9-7-20-10(15-9)3-4-13-12(18)14-8-2-1-5-19-6-8/h7-8H,1-6H2,(H,16,17)(H2,13,14,18). The van der Waals surface area contributed by atoms with Crippen LogP contribution in [0.2, 0.25) is 0 Å². The number of nitrogens with one attached hydrogen (secondary N) is 2. The van der Waals surface area contributed by atoms with Crippen LogP contribution in [0.25, 0.3) is 0 Å². The smallest absolute Gasteiger partial charge is 0.355 e. The fourth-order valence-corrected chi connectivity index (χ4v) is 3.74. The molecule has 0 spiro atoms. The molecule has 1 aromatic heterocycles. The molecule has 6 nitrogen and oxygen atoms in total. The van der Waals surface area contributed by atoms with Gasteiger partial charge in [0.25, 0.3) is 0 Å². The van der Waals surface area contributed by atoms with Crippen LogP contribution in [0.4, 0.5) is 4.79 Å². The molecule has 0 aliphatic carbocycles. The zero-order valence-corrected chi connectivity index (χ0v) is 12.6. The predicted molar refractivity (Wildman–Crippen MR) is 79.7 cm³/mol. The number of carbonyl (C=O) groups excluding carboxylic acids is 1. The second-order valence-electron chi connectivity index (χ2n) is 4.50. The van der Waals surface area contributed by atoms with Gasteiger partial charge < -0.3 is 15.7 Å². The van der Waals surface area contributed by atoms with Gasteiger partial charge >= 0.3 is 12.0 Å². The molecule has 110 valence electrons. The predicted octanol–water partition coefficient (Wildman–Crippen LogP) is 1.58. The second-order valence-corrected chi connectivity index (χ2v) is 6.59. The zero-order valence-electron chi connectivity index (χ0n) is 10.9. The average molecular weight is 315 g/mol. The van der Waals surface area contributed by atoms with Crippen LogP contribution < -0.4 is 10.6 Å². The van der Waals surface area contributed by atoms with Crippen LogP contribution >= 0.6 is 23.1 Å². The highest BCUT2D eigenvalue weighted by molar-refractivity contribution is 7.99. The van der Waals surface area contributed by atoms with E-state index in [2.05, 4.69) is 15.6 Å². The summed E-state index contributed by atoms with van der Waals surface area (Å²) in [6.07, 6.45) is 2.73. The number of thiazole rings is 1. The number of aromatic nitrogens is 1. The fourth-order valence-electron chi connectivity index (χ4n) is 1.90. The fraction of sp³-hybridized carbons (Fsp3) is 0.583. The average Bonchev–Trinajstić information content (AvgIpc) is 2.89. The number of carbonyl (C=O) groups is 2. The maximum atomic E-state index is 11.7. The Bertz CT molecular complexity index is 472. The number of carboxylic acids is 1. The maximum absolute atomic E-state index is 11.7. The highest BCUT2D eigenvalue weighted by Crippen LogP contribution is 2.16. The molecule has 0 aromatic carbocycles. The topological polar surface area (TPSA) is 91.3 Å². The number of nitrogens with zero attached hydrogens (tertiary/aromatic N) is 1. The van der Waals surface area contributed by atoms with Crippen LogP contribution in [0.3, 0.4) is 0 Å². The maximum Gasteiger partial charge on any atom is 0.355 e. The summed E-state index contributed by atoms with van der Waals surface area (Å²) < 4.78 is 0. The third-order valence-electron chi connectivity index (χ3n) is 2.89. The van der Waals surface area contributed by atoms with Gasteiger partial charge in [-0.2, -0.15) is 11.8 Å². The first-order valence-corrected chi connectivity index (χ1v) is 8.48. The minimum absolute atomic E-state index is 0.0636. The number of hydrogen-bond donors (Lipinski definition) is 3. The molecule has 0 saturated carbocycles. The lowest BCUT2D eigenvalue weighted by molar-refractivity contribution is 0.0691. The third-order valence-corrected chi connectivity index (χ3v) is 5.01. The van der Waals surface area contributed by atoms with Crippen molar-refractivity contribution < 1.29 is 14.7 Å². The van der Waals surface area contributed by atoms with Crippen molar-refractivity contribution in [1.82, 2.24) is 15.6 Å². The molecular weight excluding hydrogens is 298 g/mol. The summed E-state index contributed by atoms with van der Waals surface area (Å²) in [5, 5.41) is 16.7. The van der Waals surface area contributed by atoms with Crippen LogP contribution in [0.5, 0.6) is 0 Å². The molecule has 2 rings (SSSR count). The minimum atomic E-state index is -1.02. The molecule has 1 aromatic rings. The largest absolute Gasteiger partial charge is 0.476 e. The van der Waals surface area contributed by atoms with Crippen molar-refractivity contribution in [3.05, 3.63) is 16.1 Å². The molecule has 1 aliphatic rings. The molecule has 1 fully saturated rings. The first-order valence-electron chi connectivity index (χ1n) is 6.45. The van der Waals surface area contributed by atoms with Crippen molar-refractivity contribution in [3.63, 3.8) is 0 Å². The summed E-state index contributed by atoms with van der Waals surface area (Å²) in [6.45, 7) is 0.457. The molecule has 1 saturated heterocycles. The lowest BCUT2D eigenvalue weighted by Crippen LogP contribution is -2.44. The molecular formula is C12H17N3O3S2. The molecule has 8 heteroatoms. The SMILES string of the molecule is O=C(NCCc1nc(C(=O)O)cs1)NC1CCCSC1. The number of aromatic carboxylic acids is 1. The zero-order chi connectivity index (χ0) is 14.4. The highest BCUT2D eigenvalue weighted by atomic mass is 32.2. The monoisotopic (exact) mass is 315 g/mol. The van der Waals surface area contributed by atoms with Crippen molar-refractivity contribution in [2.75, 3.05) is 18.1 Å². The van der Waals surface area contributed by atoms with E-state index < -0.39 is 5.97 Å². The van der Waals surface area contributed by atoms with Gasteiger partial charge in [-0.15, -0.1) is 11.3 Å². The van der Waals surface area contributed by atoms with Crippen molar-refractivity contribution >= 4 is 35.1 Å². The van der Waals surface area contributed by atoms with Crippen LogP contribution in [-0.2, 0) is 6.42 Å². The lowest BCUT2D eigenvalue weighted by atomic mass is 10.2. The van der Waals surface area contributed by atoms with Gasteiger partial charge in [-0.3, -0.25) is 0 Å². The Hall–Kier alpha value is -1.28. The minimum Gasteiger partial charge on any atom is -0.476 e. The number of hydrogen-bond acceptors (Lipinski definition) is 5. The van der Waals surface area contributed by atoms with E-state index >= 15 is 0 Å². The lowest BCUT2D eigenvalue weighted by Gasteiger charge is -2.22. The Labute approximate surface area is 125 Å². The molecule has 2 amide bonds. The molecule has 3 N–H and O–H groups in total. The van der Waals surface area contributed by atoms with Gasteiger partial charge in [0.1, 0.15) is 0 Å². The number of urea groups is 1. The van der Waals surface area contributed by atoms with E-state index in [-0.39, 0.29) is 17.8 Å². The molecule has 0 radical (unpaired) electrons. The van der Waals surface area contributed by atoms with Crippen molar-refractivity contribution in [3.8, 4) is 0 Å². The van der Waals surface area contributed by atoms with Gasteiger partial charge in [-0.25, -0.2) is 14.6 Å². The van der Waals surface area contributed by atoms with E-state index in [0.717, 1.165) is 23.6 Å². The summed E-state index contributed by atoms with van der Waals surface area (Å²) >= 11 is 3.16. The van der Waals surface area contributed by atoms with Crippen LogP contribution in [0.1, 0.15) is 28.3 Å². The molecule has 2 heterocycles. The molecule has 0 bridgehead atoms. The summed E-state index contributed by atoms with van der Waals surface area (Å²) in [5.74, 6) is 1.13. The summed E-state index contributed by atoms with van der Waals surface area (Å²) in [4.78, 5) is 26.3. The van der Waals surface area contributed by atoms with Crippen molar-refractivity contribution in [2.24, 2.45) is 0 Å². The summed E-state index contributed by atoms with van der Waals surface area (Å²) in [5.41, 5.74) is 0.0636. The third kappa shape index (κ3) is 4.68. The Morgan fingerprint density at radius 2 is 2.35 bits per heavy atom.